The zero-order chi connectivity index (χ0) is 25.2. The number of aliphatic hydroxyl groups excluding tert-OH is 1. The molecule has 3 aromatic rings. The molecular weight excluding hydrogens is 501 g/mol. The summed E-state index contributed by atoms with van der Waals surface area (Å²) in [6.45, 7) is 2.72. The number of rotatable bonds is 7. The summed E-state index contributed by atoms with van der Waals surface area (Å²) >= 11 is 2.84. The Bertz CT molecular complexity index is 1250. The summed E-state index contributed by atoms with van der Waals surface area (Å²) in [5, 5.41) is 11.1. The van der Waals surface area contributed by atoms with Gasteiger partial charge in [0.25, 0.3) is 5.91 Å². The van der Waals surface area contributed by atoms with Gasteiger partial charge in [0.15, 0.2) is 11.4 Å². The Morgan fingerprint density at radius 3 is 2.71 bits per heavy atom. The molecule has 0 radical (unpaired) electrons. The van der Waals surface area contributed by atoms with Gasteiger partial charge in [-0.3, -0.25) is 4.79 Å². The Hall–Kier alpha value is -2.67. The lowest BCUT2D eigenvalue weighted by Crippen LogP contribution is -2.38. The average molecular weight is 525 g/mol. The summed E-state index contributed by atoms with van der Waals surface area (Å²) in [6.07, 6.45) is -1.37. The zero-order valence-electron chi connectivity index (χ0n) is 19.0. The first kappa shape index (κ1) is 25.4. The third-order valence-corrected chi connectivity index (χ3v) is 7.42. The largest absolute Gasteiger partial charge is 0.416 e. The number of alkyl halides is 3. The van der Waals surface area contributed by atoms with Crippen LogP contribution in [0.2, 0.25) is 0 Å². The summed E-state index contributed by atoms with van der Waals surface area (Å²) in [5.74, 6) is 0.430. The number of thiophene rings is 1. The summed E-state index contributed by atoms with van der Waals surface area (Å²) in [5.41, 5.74) is -0.884. The van der Waals surface area contributed by atoms with Gasteiger partial charge >= 0.3 is 6.18 Å². The van der Waals surface area contributed by atoms with Crippen molar-refractivity contribution in [3.8, 4) is 0 Å². The number of fused-ring (bicyclic) bond motifs is 1. The standard InChI is InChI=1S/C23H23F3N4O3S2/c1-3-16-12-17-19(27-22(28-20(17)35-16)34-13-18(31)33-2)29-7-9-30(10-8-29)21(32)14-5-4-6-15(11-14)23(24,25)26/h4-7,9,11-12,18,31H,3,8,10,13H2,1-2H3. The number of thioether (sulfide) groups is 1. The highest BCUT2D eigenvalue weighted by Crippen LogP contribution is 2.34. The predicted molar refractivity (Wildman–Crippen MR) is 129 cm³/mol. The summed E-state index contributed by atoms with van der Waals surface area (Å²) in [4.78, 5) is 27.4. The van der Waals surface area contributed by atoms with Crippen molar-refractivity contribution in [1.82, 2.24) is 14.9 Å². The van der Waals surface area contributed by atoms with E-state index < -0.39 is 23.9 Å². The van der Waals surface area contributed by atoms with Gasteiger partial charge < -0.3 is 19.6 Å². The minimum absolute atomic E-state index is 0.0249. The number of hydrogen-bond donors (Lipinski definition) is 1. The number of aromatic nitrogens is 2. The maximum absolute atomic E-state index is 13.0. The highest BCUT2D eigenvalue weighted by Gasteiger charge is 2.31. The third kappa shape index (κ3) is 5.77. The maximum atomic E-state index is 13.0. The highest BCUT2D eigenvalue weighted by molar-refractivity contribution is 7.99. The molecule has 3 heterocycles. The van der Waals surface area contributed by atoms with E-state index in [9.17, 15) is 23.1 Å². The van der Waals surface area contributed by atoms with Crippen molar-refractivity contribution in [2.75, 3.05) is 30.9 Å². The molecule has 0 spiro atoms. The van der Waals surface area contributed by atoms with Crippen LogP contribution in [0.1, 0.15) is 27.7 Å². The Labute approximate surface area is 208 Å². The van der Waals surface area contributed by atoms with Crippen molar-refractivity contribution in [2.24, 2.45) is 0 Å². The van der Waals surface area contributed by atoms with E-state index in [4.69, 9.17) is 4.74 Å². The quantitative estimate of drug-likeness (QED) is 0.271. The topological polar surface area (TPSA) is 78.8 Å². The number of aryl methyl sites for hydroxylation is 1. The van der Waals surface area contributed by atoms with E-state index in [0.29, 0.717) is 17.5 Å². The van der Waals surface area contributed by atoms with Crippen molar-refractivity contribution in [1.29, 1.82) is 0 Å². The smallest absolute Gasteiger partial charge is 0.367 e. The molecule has 1 N–H and O–H groups in total. The predicted octanol–water partition coefficient (Wildman–Crippen LogP) is 4.76. The van der Waals surface area contributed by atoms with Crippen LogP contribution in [0.15, 0.2) is 47.9 Å². The first-order valence-corrected chi connectivity index (χ1v) is 12.6. The number of ether oxygens (including phenoxy) is 1. The molecule has 2 aromatic heterocycles. The van der Waals surface area contributed by atoms with Gasteiger partial charge in [0.1, 0.15) is 10.6 Å². The first-order valence-electron chi connectivity index (χ1n) is 10.8. The Kier molecular flexibility index (Phi) is 7.64. The van der Waals surface area contributed by atoms with Gasteiger partial charge in [-0.1, -0.05) is 24.8 Å². The minimum Gasteiger partial charge on any atom is -0.367 e. The van der Waals surface area contributed by atoms with Crippen molar-refractivity contribution < 1.29 is 27.8 Å². The molecule has 0 fully saturated rings. The minimum atomic E-state index is -4.52. The summed E-state index contributed by atoms with van der Waals surface area (Å²) < 4.78 is 44.0. The van der Waals surface area contributed by atoms with E-state index in [0.717, 1.165) is 33.6 Å². The lowest BCUT2D eigenvalue weighted by Gasteiger charge is -2.30. The second-order valence-corrected chi connectivity index (χ2v) is 9.79. The van der Waals surface area contributed by atoms with E-state index in [-0.39, 0.29) is 17.9 Å². The lowest BCUT2D eigenvalue weighted by atomic mass is 10.1. The van der Waals surface area contributed by atoms with E-state index in [1.54, 1.807) is 23.7 Å². The van der Waals surface area contributed by atoms with Crippen LogP contribution < -0.4 is 4.90 Å². The molecule has 0 bridgehead atoms. The first-order chi connectivity index (χ1) is 16.7. The van der Waals surface area contributed by atoms with Crippen molar-refractivity contribution in [3.63, 3.8) is 0 Å². The fraction of sp³-hybridized carbons (Fsp3) is 0.348. The molecule has 35 heavy (non-hydrogen) atoms. The number of benzene rings is 1. The van der Waals surface area contributed by atoms with E-state index >= 15 is 0 Å². The molecular formula is C23H23F3N4O3S2. The normalized spacial score (nSPS) is 15.1. The molecule has 1 aliphatic heterocycles. The third-order valence-electron chi connectivity index (χ3n) is 5.36. The van der Waals surface area contributed by atoms with Gasteiger partial charge in [-0.15, -0.1) is 11.3 Å². The van der Waals surface area contributed by atoms with Crippen LogP contribution in [0, 0.1) is 0 Å². The number of anilines is 1. The Morgan fingerprint density at radius 2 is 2.06 bits per heavy atom. The summed E-state index contributed by atoms with van der Waals surface area (Å²) in [7, 11) is 1.42. The van der Waals surface area contributed by atoms with Crippen LogP contribution in [-0.4, -0.2) is 58.1 Å². The molecule has 0 saturated heterocycles. The number of hydrogen-bond acceptors (Lipinski definition) is 8. The molecule has 12 heteroatoms. The molecule has 1 aliphatic rings. The SMILES string of the molecule is CCc1cc2c(N3C=CN(C(=O)c4cccc(C(F)(F)F)c4)CC3)nc(SCC(O)OC)nc2s1. The zero-order valence-corrected chi connectivity index (χ0v) is 20.6. The van der Waals surface area contributed by atoms with Gasteiger partial charge in [-0.2, -0.15) is 13.2 Å². The number of halogens is 3. The van der Waals surface area contributed by atoms with E-state index in [2.05, 4.69) is 16.9 Å². The van der Waals surface area contributed by atoms with Crippen molar-refractivity contribution in [3.05, 3.63) is 58.7 Å². The monoisotopic (exact) mass is 524 g/mol. The molecule has 1 atom stereocenters. The molecule has 0 saturated carbocycles. The Balaban J connectivity index is 1.58. The number of nitrogens with zero attached hydrogens (tertiary/aromatic N) is 4. The van der Waals surface area contributed by atoms with Gasteiger partial charge in [-0.25, -0.2) is 9.97 Å². The molecule has 186 valence electrons. The van der Waals surface area contributed by atoms with Gasteiger partial charge in [0.05, 0.1) is 16.7 Å². The number of amides is 1. The molecule has 1 amide bonds. The lowest BCUT2D eigenvalue weighted by molar-refractivity contribution is -0.137. The van der Waals surface area contributed by atoms with Crippen LogP contribution in [0.3, 0.4) is 0 Å². The summed E-state index contributed by atoms with van der Waals surface area (Å²) in [6, 6.07) is 6.46. The van der Waals surface area contributed by atoms with Crippen LogP contribution in [0.5, 0.6) is 0 Å². The molecule has 0 aliphatic carbocycles. The van der Waals surface area contributed by atoms with Gasteiger partial charge in [0.2, 0.25) is 0 Å². The number of aliphatic hydroxyl groups is 1. The Morgan fingerprint density at radius 1 is 1.26 bits per heavy atom. The number of methoxy groups -OCH3 is 1. The van der Waals surface area contributed by atoms with Crippen molar-refractivity contribution >= 4 is 45.0 Å². The highest BCUT2D eigenvalue weighted by atomic mass is 32.2. The fourth-order valence-corrected chi connectivity index (χ4v) is 5.23. The molecule has 1 unspecified atom stereocenters. The van der Waals surface area contributed by atoms with Crippen LogP contribution in [-0.2, 0) is 17.3 Å². The van der Waals surface area contributed by atoms with Crippen LogP contribution in [0.25, 0.3) is 10.2 Å². The van der Waals surface area contributed by atoms with Crippen LogP contribution >= 0.6 is 23.1 Å². The average Bonchev–Trinajstić information content (AvgIpc) is 3.29. The number of carbonyl (C=O) groups excluding carboxylic acids is 1. The van der Waals surface area contributed by atoms with Crippen LogP contribution in [0.4, 0.5) is 19.0 Å². The van der Waals surface area contributed by atoms with Gasteiger partial charge in [0, 0.05) is 43.0 Å². The van der Waals surface area contributed by atoms with E-state index in [1.165, 1.54) is 35.9 Å². The second-order valence-electron chi connectivity index (χ2n) is 7.68. The van der Waals surface area contributed by atoms with Gasteiger partial charge in [-0.05, 0) is 30.7 Å². The molecule has 7 nitrogen and oxygen atoms in total. The van der Waals surface area contributed by atoms with E-state index in [1.807, 2.05) is 11.0 Å². The molecule has 4 rings (SSSR count). The number of carbonyl (C=O) groups is 1. The van der Waals surface area contributed by atoms with Crippen molar-refractivity contribution in [2.45, 2.75) is 31.0 Å². The maximum Gasteiger partial charge on any atom is 0.416 e. The molecule has 1 aromatic carbocycles. The fourth-order valence-electron chi connectivity index (χ4n) is 3.47. The second kappa shape index (κ2) is 10.5.